The third-order valence-corrected chi connectivity index (χ3v) is 5.83. The van der Waals surface area contributed by atoms with E-state index in [1.165, 1.54) is 13.8 Å². The molecule has 0 heterocycles. The lowest BCUT2D eigenvalue weighted by Crippen LogP contribution is -2.54. The highest BCUT2D eigenvalue weighted by Gasteiger charge is 2.71. The van der Waals surface area contributed by atoms with Gasteiger partial charge in [-0.2, -0.15) is 26.3 Å². The van der Waals surface area contributed by atoms with Gasteiger partial charge in [-0.15, -0.1) is 0 Å². The van der Waals surface area contributed by atoms with Gasteiger partial charge < -0.3 is 15.7 Å². The second-order valence-corrected chi connectivity index (χ2v) is 8.44. The molecule has 3 nitrogen and oxygen atoms in total. The zero-order valence-electron chi connectivity index (χ0n) is 19.2. The number of anilines is 1. The van der Waals surface area contributed by atoms with Crippen molar-refractivity contribution in [3.63, 3.8) is 0 Å². The van der Waals surface area contributed by atoms with Crippen LogP contribution in [0.25, 0.3) is 0 Å². The van der Waals surface area contributed by atoms with Crippen LogP contribution in [0.2, 0.25) is 0 Å². The molecule has 0 aliphatic rings. The molecular formula is C26H26F6N2O. The number of hydrogen-bond donors (Lipinski definition) is 3. The molecule has 0 saturated carbocycles. The normalized spacial score (nSPS) is 12.6. The van der Waals surface area contributed by atoms with E-state index in [4.69, 9.17) is 0 Å². The van der Waals surface area contributed by atoms with Crippen molar-refractivity contribution >= 4 is 5.69 Å². The highest BCUT2D eigenvalue weighted by atomic mass is 19.4. The molecule has 9 heteroatoms. The van der Waals surface area contributed by atoms with Gasteiger partial charge in [0, 0.05) is 30.9 Å². The summed E-state index contributed by atoms with van der Waals surface area (Å²) >= 11 is 0. The van der Waals surface area contributed by atoms with Crippen LogP contribution in [0.5, 0.6) is 0 Å². The van der Waals surface area contributed by atoms with Crippen molar-refractivity contribution in [2.24, 2.45) is 0 Å². The molecule has 0 aromatic heterocycles. The second kappa shape index (κ2) is 10.3. The third-order valence-electron chi connectivity index (χ3n) is 5.83. The molecule has 0 atom stereocenters. The largest absolute Gasteiger partial charge is 0.430 e. The van der Waals surface area contributed by atoms with Gasteiger partial charge >= 0.3 is 12.4 Å². The van der Waals surface area contributed by atoms with E-state index in [-0.39, 0.29) is 17.7 Å². The molecule has 188 valence electrons. The number of alkyl halides is 6. The van der Waals surface area contributed by atoms with Crippen LogP contribution in [-0.2, 0) is 25.2 Å². The van der Waals surface area contributed by atoms with Gasteiger partial charge in [0.1, 0.15) is 0 Å². The third kappa shape index (κ3) is 5.97. The quantitative estimate of drug-likeness (QED) is 0.311. The lowest BCUT2D eigenvalue weighted by atomic mass is 9.87. The summed E-state index contributed by atoms with van der Waals surface area (Å²) in [6.45, 7) is 4.18. The van der Waals surface area contributed by atoms with Gasteiger partial charge in [-0.3, -0.25) is 0 Å². The average Bonchev–Trinajstić information content (AvgIpc) is 2.78. The lowest BCUT2D eigenvalue weighted by molar-refractivity contribution is -0.376. The van der Waals surface area contributed by atoms with Gasteiger partial charge in [0.2, 0.25) is 0 Å². The van der Waals surface area contributed by atoms with Crippen molar-refractivity contribution in [1.29, 1.82) is 0 Å². The Morgan fingerprint density at radius 2 is 1.26 bits per heavy atom. The van der Waals surface area contributed by atoms with Crippen LogP contribution >= 0.6 is 0 Å². The molecule has 0 fully saturated rings. The minimum atomic E-state index is -5.91. The molecule has 0 unspecified atom stereocenters. The topological polar surface area (TPSA) is 44.3 Å². The van der Waals surface area contributed by atoms with E-state index in [1.54, 1.807) is 0 Å². The molecule has 0 bridgehead atoms. The van der Waals surface area contributed by atoms with E-state index in [9.17, 15) is 31.4 Å². The summed E-state index contributed by atoms with van der Waals surface area (Å²) in [6.07, 6.45) is -11.8. The van der Waals surface area contributed by atoms with Crippen LogP contribution in [0.15, 0.2) is 66.7 Å². The summed E-state index contributed by atoms with van der Waals surface area (Å²) in [7, 11) is 0. The van der Waals surface area contributed by atoms with Gasteiger partial charge in [-0.25, -0.2) is 0 Å². The number of nitrogens with one attached hydrogen (secondary N) is 2. The fourth-order valence-electron chi connectivity index (χ4n) is 3.89. The van der Waals surface area contributed by atoms with E-state index in [2.05, 4.69) is 10.6 Å². The monoisotopic (exact) mass is 496 g/mol. The number of benzene rings is 3. The Hall–Kier alpha value is -3.04. The minimum absolute atomic E-state index is 0.220. The summed E-state index contributed by atoms with van der Waals surface area (Å²) in [5.41, 5.74) is -2.16. The van der Waals surface area contributed by atoms with Crippen molar-refractivity contribution in [1.82, 2.24) is 5.32 Å². The maximum Gasteiger partial charge on any atom is 0.430 e. The smallest absolute Gasteiger partial charge is 0.381 e. The zero-order chi connectivity index (χ0) is 25.9. The highest BCUT2D eigenvalue weighted by molar-refractivity contribution is 5.46. The molecule has 3 aromatic rings. The molecule has 35 heavy (non-hydrogen) atoms. The van der Waals surface area contributed by atoms with Crippen molar-refractivity contribution in [3.8, 4) is 0 Å². The number of aryl methyl sites for hydroxylation is 2. The van der Waals surface area contributed by atoms with Crippen molar-refractivity contribution < 1.29 is 31.4 Å². The van der Waals surface area contributed by atoms with E-state index in [1.807, 2.05) is 54.6 Å². The summed E-state index contributed by atoms with van der Waals surface area (Å²) in [5.74, 6) is 0. The molecule has 0 aliphatic carbocycles. The Morgan fingerprint density at radius 3 is 1.83 bits per heavy atom. The summed E-state index contributed by atoms with van der Waals surface area (Å²) < 4.78 is 79.4. The lowest BCUT2D eigenvalue weighted by Gasteiger charge is -2.33. The summed E-state index contributed by atoms with van der Waals surface area (Å²) in [5, 5.41) is 16.2. The molecule has 3 aromatic carbocycles. The number of rotatable bonds is 8. The fraction of sp³-hybridized carbons (Fsp3) is 0.308. The van der Waals surface area contributed by atoms with Gasteiger partial charge in [0.05, 0.1) is 0 Å². The first-order chi connectivity index (χ1) is 16.3. The van der Waals surface area contributed by atoms with E-state index < -0.39 is 23.5 Å². The fourth-order valence-corrected chi connectivity index (χ4v) is 3.89. The van der Waals surface area contributed by atoms with Crippen LogP contribution in [0.3, 0.4) is 0 Å². The minimum Gasteiger partial charge on any atom is -0.381 e. The van der Waals surface area contributed by atoms with E-state index >= 15 is 0 Å². The summed E-state index contributed by atoms with van der Waals surface area (Å²) in [6, 6.07) is 19.1. The molecule has 0 saturated heterocycles. The Labute approximate surface area is 199 Å². The van der Waals surface area contributed by atoms with Crippen LogP contribution in [0.1, 0.15) is 33.4 Å². The number of hydrogen-bond acceptors (Lipinski definition) is 3. The molecule has 0 radical (unpaired) electrons. The molecule has 3 rings (SSSR count). The Kier molecular flexibility index (Phi) is 7.81. The Bertz CT molecular complexity index is 1110. The molecular weight excluding hydrogens is 470 g/mol. The van der Waals surface area contributed by atoms with Gasteiger partial charge in [0.25, 0.3) is 5.60 Å². The summed E-state index contributed by atoms with van der Waals surface area (Å²) in [4.78, 5) is 0. The van der Waals surface area contributed by atoms with Crippen molar-refractivity contribution in [2.45, 2.75) is 51.4 Å². The first kappa shape index (κ1) is 26.6. The van der Waals surface area contributed by atoms with Gasteiger partial charge in [-0.05, 0) is 53.8 Å². The molecule has 0 aliphatic heterocycles. The number of aliphatic hydroxyl groups is 1. The van der Waals surface area contributed by atoms with Gasteiger partial charge in [-0.1, -0.05) is 54.6 Å². The predicted molar refractivity (Wildman–Crippen MR) is 123 cm³/mol. The molecule has 3 N–H and O–H groups in total. The zero-order valence-corrected chi connectivity index (χ0v) is 19.2. The average molecular weight is 496 g/mol. The van der Waals surface area contributed by atoms with Crippen LogP contribution in [0.4, 0.5) is 32.0 Å². The molecule has 0 spiro atoms. The SMILES string of the molecule is Cc1cc(C(O)(C(F)(F)F)C(F)(F)F)cc(C)c1CNCc1cccc(NCc2ccccc2)c1. The van der Waals surface area contributed by atoms with Crippen LogP contribution in [-0.4, -0.2) is 17.5 Å². The van der Waals surface area contributed by atoms with E-state index in [0.29, 0.717) is 18.7 Å². The van der Waals surface area contributed by atoms with E-state index in [0.717, 1.165) is 28.9 Å². The van der Waals surface area contributed by atoms with Crippen LogP contribution < -0.4 is 10.6 Å². The van der Waals surface area contributed by atoms with Crippen molar-refractivity contribution in [2.75, 3.05) is 5.32 Å². The molecule has 0 amide bonds. The first-order valence-electron chi connectivity index (χ1n) is 10.9. The number of halogens is 6. The van der Waals surface area contributed by atoms with Gasteiger partial charge in [0.15, 0.2) is 0 Å². The Balaban J connectivity index is 1.69. The second-order valence-electron chi connectivity index (χ2n) is 8.44. The standard InChI is InChI=1S/C26H26F6N2O/c1-17-11-21(24(35,25(27,28)29)26(30,31)32)12-18(2)23(17)16-33-14-20-9-6-10-22(13-20)34-15-19-7-4-3-5-8-19/h3-13,33-35H,14-16H2,1-2H3. The first-order valence-corrected chi connectivity index (χ1v) is 10.9. The maximum absolute atomic E-state index is 13.2. The Morgan fingerprint density at radius 1 is 0.686 bits per heavy atom. The predicted octanol–water partition coefficient (Wildman–Crippen LogP) is 6.52. The highest BCUT2D eigenvalue weighted by Crippen LogP contribution is 2.50. The van der Waals surface area contributed by atoms with Crippen molar-refractivity contribution in [3.05, 3.63) is 100 Å². The van der Waals surface area contributed by atoms with Crippen LogP contribution in [0, 0.1) is 13.8 Å². The maximum atomic E-state index is 13.2.